The van der Waals surface area contributed by atoms with E-state index < -0.39 is 23.2 Å². The molecule has 1 amide bonds. The van der Waals surface area contributed by atoms with Crippen LogP contribution in [-0.2, 0) is 11.4 Å². The zero-order chi connectivity index (χ0) is 19.9. The van der Waals surface area contributed by atoms with E-state index in [4.69, 9.17) is 9.47 Å². The minimum Gasteiger partial charge on any atom is -0.489 e. The Kier molecular flexibility index (Phi) is 5.96. The molecule has 0 aliphatic rings. The molecule has 0 heterocycles. The Morgan fingerprint density at radius 3 is 2.29 bits per heavy atom. The molecular weight excluding hydrogens is 368 g/mol. The molecular formula is C21H15F2NO4. The first kappa shape index (κ1) is 19.0. The molecule has 142 valence electrons. The summed E-state index contributed by atoms with van der Waals surface area (Å²) in [7, 11) is 0. The molecule has 3 aromatic carbocycles. The SMILES string of the molecule is O=COc1ccccc1C(=O)Nc1c(F)cc(OCc2ccccc2)cc1F. The van der Waals surface area contributed by atoms with Crippen molar-refractivity contribution in [1.82, 2.24) is 0 Å². The lowest BCUT2D eigenvalue weighted by Gasteiger charge is -2.12. The van der Waals surface area contributed by atoms with Gasteiger partial charge in [-0.2, -0.15) is 0 Å². The average molecular weight is 383 g/mol. The standard InChI is InChI=1S/C21H15F2NO4/c22-17-10-15(27-12-14-6-2-1-3-7-14)11-18(23)20(17)24-21(26)16-8-4-5-9-19(16)28-13-25/h1-11,13H,12H2,(H,24,26). The Balaban J connectivity index is 1.76. The second-order valence-corrected chi connectivity index (χ2v) is 5.70. The molecule has 28 heavy (non-hydrogen) atoms. The van der Waals surface area contributed by atoms with Crippen molar-refractivity contribution < 1.29 is 27.8 Å². The van der Waals surface area contributed by atoms with Crippen LogP contribution >= 0.6 is 0 Å². The summed E-state index contributed by atoms with van der Waals surface area (Å²) < 4.78 is 38.8. The van der Waals surface area contributed by atoms with E-state index in [0.717, 1.165) is 17.7 Å². The molecule has 0 radical (unpaired) electrons. The molecule has 0 aliphatic carbocycles. The van der Waals surface area contributed by atoms with Gasteiger partial charge in [0.05, 0.1) is 5.56 Å². The van der Waals surface area contributed by atoms with Crippen molar-refractivity contribution in [2.24, 2.45) is 0 Å². The number of nitrogens with one attached hydrogen (secondary N) is 1. The van der Waals surface area contributed by atoms with Gasteiger partial charge in [0.1, 0.15) is 23.8 Å². The summed E-state index contributed by atoms with van der Waals surface area (Å²) >= 11 is 0. The van der Waals surface area contributed by atoms with Gasteiger partial charge in [0.25, 0.3) is 12.4 Å². The lowest BCUT2D eigenvalue weighted by molar-refractivity contribution is -0.120. The molecule has 0 saturated heterocycles. The summed E-state index contributed by atoms with van der Waals surface area (Å²) in [5, 5.41) is 2.15. The summed E-state index contributed by atoms with van der Waals surface area (Å²) in [4.78, 5) is 22.9. The second-order valence-electron chi connectivity index (χ2n) is 5.70. The Morgan fingerprint density at radius 2 is 1.61 bits per heavy atom. The second kappa shape index (κ2) is 8.77. The summed E-state index contributed by atoms with van der Waals surface area (Å²) in [6.07, 6.45) is 0. The number of hydrogen-bond donors (Lipinski definition) is 1. The van der Waals surface area contributed by atoms with Crippen LogP contribution in [0.3, 0.4) is 0 Å². The van der Waals surface area contributed by atoms with E-state index in [1.54, 1.807) is 6.07 Å². The fourth-order valence-corrected chi connectivity index (χ4v) is 2.48. The first-order valence-corrected chi connectivity index (χ1v) is 8.25. The monoisotopic (exact) mass is 383 g/mol. The van der Waals surface area contributed by atoms with E-state index in [9.17, 15) is 18.4 Å². The number of benzene rings is 3. The molecule has 1 N–H and O–H groups in total. The van der Waals surface area contributed by atoms with Crippen LogP contribution in [0.15, 0.2) is 66.7 Å². The number of carbonyl (C=O) groups is 2. The molecule has 5 nitrogen and oxygen atoms in total. The molecule has 7 heteroatoms. The molecule has 0 unspecified atom stereocenters. The number of amides is 1. The highest BCUT2D eigenvalue weighted by molar-refractivity contribution is 6.06. The molecule has 0 spiro atoms. The third-order valence-electron chi connectivity index (χ3n) is 3.81. The third kappa shape index (κ3) is 4.50. The van der Waals surface area contributed by atoms with Crippen molar-refractivity contribution >= 4 is 18.1 Å². The fourth-order valence-electron chi connectivity index (χ4n) is 2.48. The fraction of sp³-hybridized carbons (Fsp3) is 0.0476. The summed E-state index contributed by atoms with van der Waals surface area (Å²) in [6, 6.07) is 16.9. The minimum atomic E-state index is -0.995. The number of rotatable bonds is 7. The van der Waals surface area contributed by atoms with Crippen molar-refractivity contribution in [2.75, 3.05) is 5.32 Å². The van der Waals surface area contributed by atoms with Crippen LogP contribution in [0.1, 0.15) is 15.9 Å². The van der Waals surface area contributed by atoms with Crippen LogP contribution in [0, 0.1) is 11.6 Å². The number of anilines is 1. The molecule has 0 fully saturated rings. The van der Waals surface area contributed by atoms with Crippen LogP contribution in [-0.4, -0.2) is 12.4 Å². The molecule has 0 aromatic heterocycles. The van der Waals surface area contributed by atoms with Gasteiger partial charge in [-0.15, -0.1) is 0 Å². The number of ether oxygens (including phenoxy) is 2. The summed E-state index contributed by atoms with van der Waals surface area (Å²) in [5.41, 5.74) is 0.170. The largest absolute Gasteiger partial charge is 0.489 e. The number of halogens is 2. The van der Waals surface area contributed by atoms with E-state index in [-0.39, 0.29) is 30.1 Å². The molecule has 0 bridgehead atoms. The van der Waals surface area contributed by atoms with E-state index in [1.807, 2.05) is 30.3 Å². The quantitative estimate of drug-likeness (QED) is 0.617. The maximum atomic E-state index is 14.3. The van der Waals surface area contributed by atoms with E-state index >= 15 is 0 Å². The maximum absolute atomic E-state index is 14.3. The Hall–Kier alpha value is -3.74. The van der Waals surface area contributed by atoms with Crippen LogP contribution in [0.5, 0.6) is 11.5 Å². The van der Waals surface area contributed by atoms with Crippen molar-refractivity contribution in [1.29, 1.82) is 0 Å². The first-order valence-electron chi connectivity index (χ1n) is 8.25. The maximum Gasteiger partial charge on any atom is 0.298 e. The van der Waals surface area contributed by atoms with Crippen molar-refractivity contribution in [2.45, 2.75) is 6.61 Å². The van der Waals surface area contributed by atoms with Gasteiger partial charge < -0.3 is 14.8 Å². The lowest BCUT2D eigenvalue weighted by atomic mass is 10.1. The Bertz CT molecular complexity index is 970. The van der Waals surface area contributed by atoms with E-state index in [1.165, 1.54) is 18.2 Å². The normalized spacial score (nSPS) is 10.2. The number of carbonyl (C=O) groups excluding carboxylic acids is 2. The zero-order valence-corrected chi connectivity index (χ0v) is 14.5. The van der Waals surface area contributed by atoms with Gasteiger partial charge in [-0.05, 0) is 17.7 Å². The molecule has 3 rings (SSSR count). The summed E-state index contributed by atoms with van der Waals surface area (Å²) in [5.74, 6) is -2.86. The van der Waals surface area contributed by atoms with Gasteiger partial charge >= 0.3 is 0 Å². The summed E-state index contributed by atoms with van der Waals surface area (Å²) in [6.45, 7) is 0.300. The predicted octanol–water partition coefficient (Wildman–Crippen LogP) is 4.33. The van der Waals surface area contributed by atoms with Gasteiger partial charge in [-0.3, -0.25) is 9.59 Å². The minimum absolute atomic E-state index is 0.0125. The van der Waals surface area contributed by atoms with Crippen molar-refractivity contribution in [3.63, 3.8) is 0 Å². The molecule has 3 aromatic rings. The first-order chi connectivity index (χ1) is 13.6. The highest BCUT2D eigenvalue weighted by Gasteiger charge is 2.18. The zero-order valence-electron chi connectivity index (χ0n) is 14.5. The van der Waals surface area contributed by atoms with E-state index in [0.29, 0.717) is 0 Å². The smallest absolute Gasteiger partial charge is 0.298 e. The van der Waals surface area contributed by atoms with Gasteiger partial charge in [0.2, 0.25) is 0 Å². The van der Waals surface area contributed by atoms with Gasteiger partial charge in [-0.25, -0.2) is 8.78 Å². The highest BCUT2D eigenvalue weighted by atomic mass is 19.1. The Labute approximate surface area is 159 Å². The van der Waals surface area contributed by atoms with E-state index in [2.05, 4.69) is 5.32 Å². The number of hydrogen-bond acceptors (Lipinski definition) is 4. The molecule has 0 atom stereocenters. The molecule has 0 aliphatic heterocycles. The Morgan fingerprint density at radius 1 is 0.964 bits per heavy atom. The van der Waals surface area contributed by atoms with Crippen LogP contribution in [0.2, 0.25) is 0 Å². The molecule has 0 saturated carbocycles. The third-order valence-corrected chi connectivity index (χ3v) is 3.81. The average Bonchev–Trinajstić information content (AvgIpc) is 2.70. The van der Waals surface area contributed by atoms with Gasteiger partial charge in [0, 0.05) is 12.1 Å². The van der Waals surface area contributed by atoms with Crippen LogP contribution in [0.4, 0.5) is 14.5 Å². The highest BCUT2D eigenvalue weighted by Crippen LogP contribution is 2.27. The van der Waals surface area contributed by atoms with Gasteiger partial charge in [0.15, 0.2) is 11.6 Å². The van der Waals surface area contributed by atoms with Crippen molar-refractivity contribution in [3.05, 3.63) is 89.5 Å². The lowest BCUT2D eigenvalue weighted by Crippen LogP contribution is -2.15. The van der Waals surface area contributed by atoms with Crippen LogP contribution in [0.25, 0.3) is 0 Å². The topological polar surface area (TPSA) is 64.6 Å². The van der Waals surface area contributed by atoms with Crippen molar-refractivity contribution in [3.8, 4) is 11.5 Å². The van der Waals surface area contributed by atoms with Crippen LogP contribution < -0.4 is 14.8 Å². The predicted molar refractivity (Wildman–Crippen MR) is 98.2 cm³/mol. The number of para-hydroxylation sites is 1. The van der Waals surface area contributed by atoms with Gasteiger partial charge in [-0.1, -0.05) is 42.5 Å².